The van der Waals surface area contributed by atoms with Gasteiger partial charge in [-0.1, -0.05) is 23.8 Å². The minimum Gasteiger partial charge on any atom is -0.261 e. The Morgan fingerprint density at radius 1 is 1.17 bits per heavy atom. The molecule has 0 saturated carbocycles. The molecule has 2 aromatic heterocycles. The van der Waals surface area contributed by atoms with E-state index >= 15 is 0 Å². The van der Waals surface area contributed by atoms with Crippen LogP contribution in [0.25, 0.3) is 22.3 Å². The normalized spacial score (nSPS) is 11.1. The first kappa shape index (κ1) is 11.2. The quantitative estimate of drug-likeness (QED) is 0.682. The fourth-order valence-electron chi connectivity index (χ4n) is 2.09. The van der Waals surface area contributed by atoms with Crippen LogP contribution in [-0.2, 0) is 0 Å². The van der Waals surface area contributed by atoms with Crippen LogP contribution in [-0.4, -0.2) is 20.2 Å². The maximum atomic E-state index is 5.94. The molecule has 0 aliphatic carbocycles. The van der Waals surface area contributed by atoms with Crippen LogP contribution in [0, 0.1) is 13.8 Å². The van der Waals surface area contributed by atoms with Crippen molar-refractivity contribution in [2.24, 2.45) is 0 Å². The van der Waals surface area contributed by atoms with Crippen LogP contribution >= 0.6 is 11.6 Å². The van der Waals surface area contributed by atoms with E-state index in [1.54, 1.807) is 6.20 Å². The lowest BCUT2D eigenvalue weighted by molar-refractivity contribution is 1.09. The standard InChI is InChI=1S/C13H11ClN4/c1-7-3-4-9(8(2)5-7)11-10-6-15-18-12(10)17-13(14)16-11/h3-6H,1-2H3,(H,15,16,17,18). The topological polar surface area (TPSA) is 54.5 Å². The molecule has 2 heterocycles. The largest absolute Gasteiger partial charge is 0.261 e. The van der Waals surface area contributed by atoms with Crippen LogP contribution < -0.4 is 0 Å². The SMILES string of the molecule is Cc1ccc(-c2nc(Cl)nc3[nH]ncc23)c(C)c1. The van der Waals surface area contributed by atoms with Gasteiger partial charge in [0.25, 0.3) is 0 Å². The molecule has 0 fully saturated rings. The van der Waals surface area contributed by atoms with Crippen LogP contribution in [0.3, 0.4) is 0 Å². The number of aromatic amines is 1. The molecule has 18 heavy (non-hydrogen) atoms. The molecule has 0 bridgehead atoms. The number of aryl methyl sites for hydroxylation is 2. The van der Waals surface area contributed by atoms with Crippen molar-refractivity contribution in [3.8, 4) is 11.3 Å². The molecule has 1 aromatic carbocycles. The summed E-state index contributed by atoms with van der Waals surface area (Å²) < 4.78 is 0. The molecule has 0 saturated heterocycles. The number of nitrogens with zero attached hydrogens (tertiary/aromatic N) is 3. The third-order valence-corrected chi connectivity index (χ3v) is 3.09. The first-order valence-electron chi connectivity index (χ1n) is 5.59. The number of rotatable bonds is 1. The highest BCUT2D eigenvalue weighted by Crippen LogP contribution is 2.29. The fourth-order valence-corrected chi connectivity index (χ4v) is 2.26. The zero-order valence-electron chi connectivity index (χ0n) is 10.0. The van der Waals surface area contributed by atoms with E-state index in [2.05, 4.69) is 52.2 Å². The molecule has 0 radical (unpaired) electrons. The molecule has 0 unspecified atom stereocenters. The summed E-state index contributed by atoms with van der Waals surface area (Å²) in [6.45, 7) is 4.13. The lowest BCUT2D eigenvalue weighted by Crippen LogP contribution is -1.92. The second kappa shape index (κ2) is 4.07. The van der Waals surface area contributed by atoms with Crippen molar-refractivity contribution in [2.75, 3.05) is 0 Å². The minimum atomic E-state index is 0.224. The molecule has 4 nitrogen and oxygen atoms in total. The van der Waals surface area contributed by atoms with Crippen molar-refractivity contribution in [3.05, 3.63) is 40.8 Å². The molecule has 0 amide bonds. The minimum absolute atomic E-state index is 0.224. The number of halogens is 1. The highest BCUT2D eigenvalue weighted by molar-refractivity contribution is 6.28. The molecule has 3 rings (SSSR count). The average Bonchev–Trinajstić information content (AvgIpc) is 2.76. The Bertz CT molecular complexity index is 733. The van der Waals surface area contributed by atoms with Gasteiger partial charge < -0.3 is 0 Å². The Hall–Kier alpha value is -1.94. The maximum Gasteiger partial charge on any atom is 0.224 e. The summed E-state index contributed by atoms with van der Waals surface area (Å²) in [6.07, 6.45) is 1.72. The maximum absolute atomic E-state index is 5.94. The summed E-state index contributed by atoms with van der Waals surface area (Å²) in [6, 6.07) is 6.23. The molecule has 0 aliphatic rings. The molecule has 0 spiro atoms. The summed E-state index contributed by atoms with van der Waals surface area (Å²) >= 11 is 5.94. The zero-order chi connectivity index (χ0) is 12.7. The van der Waals surface area contributed by atoms with Crippen molar-refractivity contribution >= 4 is 22.6 Å². The van der Waals surface area contributed by atoms with Crippen LogP contribution in [0.2, 0.25) is 5.28 Å². The van der Waals surface area contributed by atoms with Gasteiger partial charge in [-0.25, -0.2) is 4.98 Å². The van der Waals surface area contributed by atoms with E-state index in [0.29, 0.717) is 5.65 Å². The number of nitrogens with one attached hydrogen (secondary N) is 1. The molecular weight excluding hydrogens is 248 g/mol. The highest BCUT2D eigenvalue weighted by Gasteiger charge is 2.12. The number of H-pyrrole nitrogens is 1. The Kier molecular flexibility index (Phi) is 2.52. The lowest BCUT2D eigenvalue weighted by Gasteiger charge is -2.07. The van der Waals surface area contributed by atoms with Gasteiger partial charge in [-0.3, -0.25) is 5.10 Å². The summed E-state index contributed by atoms with van der Waals surface area (Å²) in [5.41, 5.74) is 4.91. The van der Waals surface area contributed by atoms with Gasteiger partial charge in [-0.15, -0.1) is 0 Å². The molecule has 3 aromatic rings. The Balaban J connectivity index is 2.33. The third-order valence-electron chi connectivity index (χ3n) is 2.92. The molecular formula is C13H11ClN4. The van der Waals surface area contributed by atoms with E-state index in [4.69, 9.17) is 11.6 Å². The number of aromatic nitrogens is 4. The summed E-state index contributed by atoms with van der Waals surface area (Å²) in [7, 11) is 0. The predicted octanol–water partition coefficient (Wildman–Crippen LogP) is 3.29. The molecule has 90 valence electrons. The number of fused-ring (bicyclic) bond motifs is 1. The number of hydrogen-bond donors (Lipinski definition) is 1. The van der Waals surface area contributed by atoms with Crippen LogP contribution in [0.4, 0.5) is 0 Å². The van der Waals surface area contributed by atoms with Gasteiger partial charge in [0.2, 0.25) is 5.28 Å². The van der Waals surface area contributed by atoms with Crippen molar-refractivity contribution < 1.29 is 0 Å². The second-order valence-corrected chi connectivity index (χ2v) is 4.63. The van der Waals surface area contributed by atoms with Gasteiger partial charge >= 0.3 is 0 Å². The Labute approximate surface area is 109 Å². The number of hydrogen-bond acceptors (Lipinski definition) is 3. The monoisotopic (exact) mass is 258 g/mol. The molecule has 1 N–H and O–H groups in total. The lowest BCUT2D eigenvalue weighted by atomic mass is 10.0. The van der Waals surface area contributed by atoms with Gasteiger partial charge in [0.05, 0.1) is 17.3 Å². The average molecular weight is 259 g/mol. The van der Waals surface area contributed by atoms with Crippen LogP contribution in [0.1, 0.15) is 11.1 Å². The first-order valence-corrected chi connectivity index (χ1v) is 5.97. The molecule has 0 atom stereocenters. The molecule has 5 heteroatoms. The van der Waals surface area contributed by atoms with Crippen molar-refractivity contribution in [3.63, 3.8) is 0 Å². The van der Waals surface area contributed by atoms with E-state index in [0.717, 1.165) is 22.2 Å². The van der Waals surface area contributed by atoms with Crippen LogP contribution in [0.15, 0.2) is 24.4 Å². The summed E-state index contributed by atoms with van der Waals surface area (Å²) in [4.78, 5) is 8.43. The van der Waals surface area contributed by atoms with Crippen molar-refractivity contribution in [1.29, 1.82) is 0 Å². The van der Waals surface area contributed by atoms with Gasteiger partial charge in [-0.2, -0.15) is 10.1 Å². The van der Waals surface area contributed by atoms with Crippen molar-refractivity contribution in [2.45, 2.75) is 13.8 Å². The summed E-state index contributed by atoms with van der Waals surface area (Å²) in [5.74, 6) is 0. The summed E-state index contributed by atoms with van der Waals surface area (Å²) in [5, 5.41) is 7.91. The fraction of sp³-hybridized carbons (Fsp3) is 0.154. The highest BCUT2D eigenvalue weighted by atomic mass is 35.5. The van der Waals surface area contributed by atoms with E-state index < -0.39 is 0 Å². The van der Waals surface area contributed by atoms with Gasteiger partial charge in [0.1, 0.15) is 0 Å². The van der Waals surface area contributed by atoms with Gasteiger partial charge in [-0.05, 0) is 31.0 Å². The predicted molar refractivity (Wildman–Crippen MR) is 71.6 cm³/mol. The van der Waals surface area contributed by atoms with Gasteiger partial charge in [0.15, 0.2) is 5.65 Å². The van der Waals surface area contributed by atoms with Gasteiger partial charge in [0, 0.05) is 5.56 Å². The Morgan fingerprint density at radius 2 is 2.00 bits per heavy atom. The smallest absolute Gasteiger partial charge is 0.224 e. The van der Waals surface area contributed by atoms with Crippen LogP contribution in [0.5, 0.6) is 0 Å². The Morgan fingerprint density at radius 3 is 2.78 bits per heavy atom. The van der Waals surface area contributed by atoms with E-state index in [-0.39, 0.29) is 5.28 Å². The second-order valence-electron chi connectivity index (χ2n) is 4.29. The third kappa shape index (κ3) is 1.75. The molecule has 0 aliphatic heterocycles. The van der Waals surface area contributed by atoms with E-state index in [1.807, 2.05) is 0 Å². The van der Waals surface area contributed by atoms with E-state index in [1.165, 1.54) is 5.56 Å². The number of benzene rings is 1. The zero-order valence-corrected chi connectivity index (χ0v) is 10.8. The van der Waals surface area contributed by atoms with E-state index in [9.17, 15) is 0 Å². The first-order chi connectivity index (χ1) is 8.65. The van der Waals surface area contributed by atoms with Crippen molar-refractivity contribution in [1.82, 2.24) is 20.2 Å².